The van der Waals surface area contributed by atoms with Gasteiger partial charge in [0, 0.05) is 18.9 Å². The van der Waals surface area contributed by atoms with Gasteiger partial charge in [-0.25, -0.2) is 0 Å². The molecule has 0 amide bonds. The molecule has 0 atom stereocenters. The maximum Gasteiger partial charge on any atom is 0.0140 e. The van der Waals surface area contributed by atoms with Crippen LogP contribution in [0, 0.1) is 6.92 Å². The Morgan fingerprint density at radius 2 is 1.54 bits per heavy atom. The van der Waals surface area contributed by atoms with Crippen LogP contribution in [0.25, 0.3) is 0 Å². The molecule has 0 aliphatic heterocycles. The van der Waals surface area contributed by atoms with E-state index in [9.17, 15) is 0 Å². The Morgan fingerprint density at radius 1 is 1.08 bits per heavy atom. The second-order valence-electron chi connectivity index (χ2n) is 3.76. The fraction of sp³-hybridized carbons (Fsp3) is 0.500. The molecule has 0 spiro atoms. The molecule has 1 rings (SSSR count). The Kier molecular flexibility index (Phi) is 5.20. The van der Waals surface area contributed by atoms with Gasteiger partial charge in [0.25, 0.3) is 0 Å². The molecule has 0 N–H and O–H groups in total. The minimum Gasteiger partial charge on any atom is -0.355 e. The molecule has 1 aromatic heterocycles. The van der Waals surface area contributed by atoms with Crippen molar-refractivity contribution < 1.29 is 0 Å². The summed E-state index contributed by atoms with van der Waals surface area (Å²) in [6.45, 7) is 10.6. The first-order chi connectivity index (χ1) is 5.95. The summed E-state index contributed by atoms with van der Waals surface area (Å²) >= 11 is 0. The lowest BCUT2D eigenvalue weighted by molar-refractivity contribution is 0.882. The van der Waals surface area contributed by atoms with Crippen molar-refractivity contribution in [2.45, 2.75) is 34.6 Å². The van der Waals surface area contributed by atoms with Crippen molar-refractivity contribution in [2.75, 3.05) is 0 Å². The predicted octanol–water partition coefficient (Wildman–Crippen LogP) is 3.70. The van der Waals surface area contributed by atoms with Crippen molar-refractivity contribution in [2.24, 2.45) is 7.05 Å². The molecule has 0 aliphatic rings. The van der Waals surface area contributed by atoms with Gasteiger partial charge in [0.1, 0.15) is 0 Å². The van der Waals surface area contributed by atoms with Crippen LogP contribution in [-0.4, -0.2) is 4.57 Å². The van der Waals surface area contributed by atoms with Crippen LogP contribution < -0.4 is 0 Å². The van der Waals surface area contributed by atoms with E-state index in [4.69, 9.17) is 0 Å². The topological polar surface area (TPSA) is 4.93 Å². The van der Waals surface area contributed by atoms with Crippen molar-refractivity contribution in [3.63, 3.8) is 0 Å². The Bertz CT molecular complexity index is 245. The minimum atomic E-state index is 1.31. The number of aromatic nitrogens is 1. The van der Waals surface area contributed by atoms with E-state index < -0.39 is 0 Å². The average molecular weight is 179 g/mol. The number of hydrogen-bond acceptors (Lipinski definition) is 0. The first-order valence-electron chi connectivity index (χ1n) is 4.63. The summed E-state index contributed by atoms with van der Waals surface area (Å²) in [5.41, 5.74) is 4.16. The van der Waals surface area contributed by atoms with Crippen LogP contribution in [0.2, 0.25) is 0 Å². The van der Waals surface area contributed by atoms with Crippen LogP contribution >= 0.6 is 0 Å². The van der Waals surface area contributed by atoms with Crippen molar-refractivity contribution >= 4 is 0 Å². The first-order valence-corrected chi connectivity index (χ1v) is 4.63. The third-order valence-electron chi connectivity index (χ3n) is 2.20. The summed E-state index contributed by atoms with van der Waals surface area (Å²) in [6.07, 6.45) is 2.04. The van der Waals surface area contributed by atoms with Crippen LogP contribution in [0.4, 0.5) is 0 Å². The third kappa shape index (κ3) is 5.29. The molecule has 0 saturated carbocycles. The molecule has 0 radical (unpaired) electrons. The number of nitrogens with zero attached hydrogens (tertiary/aromatic N) is 1. The zero-order valence-electron chi connectivity index (χ0n) is 9.68. The van der Waals surface area contributed by atoms with Crippen molar-refractivity contribution in [1.82, 2.24) is 4.57 Å². The highest BCUT2D eigenvalue weighted by atomic mass is 14.9. The smallest absolute Gasteiger partial charge is 0.0140 e. The van der Waals surface area contributed by atoms with Gasteiger partial charge in [0.2, 0.25) is 0 Å². The van der Waals surface area contributed by atoms with E-state index in [2.05, 4.69) is 45.3 Å². The van der Waals surface area contributed by atoms with Gasteiger partial charge in [-0.05, 0) is 46.8 Å². The molecule has 1 heteroatoms. The number of rotatable bonds is 0. The lowest BCUT2D eigenvalue weighted by Gasteiger charge is -1.89. The van der Waals surface area contributed by atoms with Crippen LogP contribution in [0.15, 0.2) is 29.5 Å². The van der Waals surface area contributed by atoms with Gasteiger partial charge < -0.3 is 4.57 Å². The van der Waals surface area contributed by atoms with Gasteiger partial charge in [-0.2, -0.15) is 0 Å². The van der Waals surface area contributed by atoms with E-state index in [-0.39, 0.29) is 0 Å². The minimum absolute atomic E-state index is 1.31. The van der Waals surface area contributed by atoms with Crippen molar-refractivity contribution in [3.8, 4) is 0 Å². The van der Waals surface area contributed by atoms with Crippen LogP contribution in [-0.2, 0) is 7.05 Å². The second-order valence-corrected chi connectivity index (χ2v) is 3.76. The monoisotopic (exact) mass is 179 g/mol. The summed E-state index contributed by atoms with van der Waals surface area (Å²) in [6, 6.07) is 4.12. The highest BCUT2D eigenvalue weighted by Crippen LogP contribution is 1.97. The van der Waals surface area contributed by atoms with E-state index in [1.54, 1.807) is 0 Å². The standard InChI is InChI=1S/C6H9N.C6H12/c1-6-4-3-5-7(6)2;1-5(2)6(3)4/h3-5H,1-2H3;1-4H3. The molecule has 74 valence electrons. The fourth-order valence-corrected chi connectivity index (χ4v) is 0.547. The summed E-state index contributed by atoms with van der Waals surface area (Å²) in [5, 5.41) is 0. The maximum atomic E-state index is 2.12. The molecule has 1 nitrogen and oxygen atoms in total. The molecule has 0 fully saturated rings. The Balaban J connectivity index is 0.000000226. The fourth-order valence-electron chi connectivity index (χ4n) is 0.547. The summed E-state index contributed by atoms with van der Waals surface area (Å²) in [7, 11) is 2.04. The molecular weight excluding hydrogens is 158 g/mol. The Hall–Kier alpha value is -0.980. The molecule has 1 aromatic rings. The lowest BCUT2D eigenvalue weighted by atomic mass is 10.2. The molecule has 0 unspecified atom stereocenters. The normalized spacial score (nSPS) is 8.77. The number of hydrogen-bond donors (Lipinski definition) is 0. The zero-order chi connectivity index (χ0) is 10.4. The van der Waals surface area contributed by atoms with Gasteiger partial charge in [0.15, 0.2) is 0 Å². The van der Waals surface area contributed by atoms with E-state index in [1.165, 1.54) is 16.8 Å². The Morgan fingerprint density at radius 3 is 1.62 bits per heavy atom. The van der Waals surface area contributed by atoms with Gasteiger partial charge in [-0.3, -0.25) is 0 Å². The molecule has 0 saturated heterocycles. The highest BCUT2D eigenvalue weighted by Gasteiger charge is 1.82. The molecule has 1 heterocycles. The Labute approximate surface area is 82.1 Å². The lowest BCUT2D eigenvalue weighted by Crippen LogP contribution is -1.84. The predicted molar refractivity (Wildman–Crippen MR) is 59.9 cm³/mol. The van der Waals surface area contributed by atoms with Gasteiger partial charge >= 0.3 is 0 Å². The van der Waals surface area contributed by atoms with E-state index in [1.807, 2.05) is 19.3 Å². The summed E-state index contributed by atoms with van der Waals surface area (Å²) < 4.78 is 2.08. The zero-order valence-corrected chi connectivity index (χ0v) is 9.68. The molecule has 0 bridgehead atoms. The maximum absolute atomic E-state index is 2.12. The van der Waals surface area contributed by atoms with E-state index >= 15 is 0 Å². The molecular formula is C12H21N. The molecule has 13 heavy (non-hydrogen) atoms. The van der Waals surface area contributed by atoms with Crippen molar-refractivity contribution in [3.05, 3.63) is 35.2 Å². The van der Waals surface area contributed by atoms with Crippen molar-refractivity contribution in [1.29, 1.82) is 0 Å². The van der Waals surface area contributed by atoms with E-state index in [0.717, 1.165) is 0 Å². The molecule has 0 aliphatic carbocycles. The first kappa shape index (κ1) is 12.0. The quantitative estimate of drug-likeness (QED) is 0.535. The second kappa shape index (κ2) is 5.63. The molecule has 0 aromatic carbocycles. The average Bonchev–Trinajstić information content (AvgIpc) is 2.37. The summed E-state index contributed by atoms with van der Waals surface area (Å²) in [5.74, 6) is 0. The van der Waals surface area contributed by atoms with Crippen LogP contribution in [0.5, 0.6) is 0 Å². The van der Waals surface area contributed by atoms with Crippen LogP contribution in [0.3, 0.4) is 0 Å². The SMILES string of the molecule is CC(C)=C(C)C.Cc1cccn1C. The largest absolute Gasteiger partial charge is 0.355 e. The van der Waals surface area contributed by atoms with Gasteiger partial charge in [0.05, 0.1) is 0 Å². The highest BCUT2D eigenvalue weighted by molar-refractivity contribution is 5.03. The van der Waals surface area contributed by atoms with Gasteiger partial charge in [-0.15, -0.1) is 0 Å². The van der Waals surface area contributed by atoms with Gasteiger partial charge in [-0.1, -0.05) is 11.1 Å². The van der Waals surface area contributed by atoms with E-state index in [0.29, 0.717) is 0 Å². The number of allylic oxidation sites excluding steroid dienone is 2. The summed E-state index contributed by atoms with van der Waals surface area (Å²) in [4.78, 5) is 0. The number of aryl methyl sites for hydroxylation is 2. The third-order valence-corrected chi connectivity index (χ3v) is 2.20. The van der Waals surface area contributed by atoms with Crippen LogP contribution in [0.1, 0.15) is 33.4 Å².